The van der Waals surface area contributed by atoms with Gasteiger partial charge in [0.25, 0.3) is 0 Å². The van der Waals surface area contributed by atoms with Crippen LogP contribution in [0.15, 0.2) is 42.5 Å². The summed E-state index contributed by atoms with van der Waals surface area (Å²) >= 11 is 0. The summed E-state index contributed by atoms with van der Waals surface area (Å²) in [5.41, 5.74) is 1.37. The number of hydrogen-bond acceptors (Lipinski definition) is 2. The monoisotopic (exact) mass is 272 g/mol. The lowest BCUT2D eigenvalue weighted by molar-refractivity contribution is 0.123. The van der Waals surface area contributed by atoms with Crippen molar-refractivity contribution in [3.63, 3.8) is 0 Å². The minimum absolute atomic E-state index is 0.581. The molecule has 0 aromatic heterocycles. The van der Waals surface area contributed by atoms with Crippen LogP contribution >= 0.6 is 0 Å². The highest BCUT2D eigenvalue weighted by Crippen LogP contribution is 2.18. The standard InChI is InChI=1S/C16H20O2Si/c1-19-18-12-5-11-17-13-10-15-8-4-7-14-6-2-3-9-16(14)15/h2-4,6-9H,5,10-13H2,1H3. The summed E-state index contributed by atoms with van der Waals surface area (Å²) in [5.74, 6) is 0. The summed E-state index contributed by atoms with van der Waals surface area (Å²) in [7, 11) is 0.581. The van der Waals surface area contributed by atoms with Crippen LogP contribution in [0.25, 0.3) is 10.8 Å². The maximum absolute atomic E-state index is 5.66. The molecule has 0 aliphatic heterocycles. The summed E-state index contributed by atoms with van der Waals surface area (Å²) in [6, 6.07) is 15.0. The number of hydrogen-bond donors (Lipinski definition) is 0. The Morgan fingerprint density at radius 3 is 2.68 bits per heavy atom. The van der Waals surface area contributed by atoms with Crippen molar-refractivity contribution in [3.8, 4) is 0 Å². The lowest BCUT2D eigenvalue weighted by atomic mass is 10.0. The molecule has 0 bridgehead atoms. The molecule has 0 heterocycles. The second kappa shape index (κ2) is 8.10. The van der Waals surface area contributed by atoms with Crippen molar-refractivity contribution < 1.29 is 9.16 Å². The van der Waals surface area contributed by atoms with Crippen molar-refractivity contribution in [1.82, 2.24) is 0 Å². The molecule has 2 aromatic carbocycles. The fourth-order valence-corrected chi connectivity index (χ4v) is 2.48. The molecule has 0 N–H and O–H groups in total. The van der Waals surface area contributed by atoms with Crippen LogP contribution in [0.3, 0.4) is 0 Å². The molecule has 0 aliphatic rings. The summed E-state index contributed by atoms with van der Waals surface area (Å²) in [4.78, 5) is 0. The largest absolute Gasteiger partial charge is 0.418 e. The molecule has 0 amide bonds. The number of benzene rings is 2. The van der Waals surface area contributed by atoms with E-state index in [1.165, 1.54) is 16.3 Å². The molecule has 2 nitrogen and oxygen atoms in total. The molecule has 0 aliphatic carbocycles. The van der Waals surface area contributed by atoms with E-state index in [0.29, 0.717) is 9.76 Å². The minimum Gasteiger partial charge on any atom is -0.418 e. The minimum atomic E-state index is 0.581. The molecule has 0 unspecified atom stereocenters. The molecule has 3 heteroatoms. The molecule has 0 fully saturated rings. The van der Waals surface area contributed by atoms with Gasteiger partial charge in [-0.15, -0.1) is 0 Å². The van der Waals surface area contributed by atoms with E-state index in [2.05, 4.69) is 42.5 Å². The van der Waals surface area contributed by atoms with Crippen LogP contribution in [0.5, 0.6) is 0 Å². The molecule has 19 heavy (non-hydrogen) atoms. The molecule has 2 rings (SSSR count). The Labute approximate surface area is 117 Å². The lowest BCUT2D eigenvalue weighted by Crippen LogP contribution is -2.04. The van der Waals surface area contributed by atoms with Crippen molar-refractivity contribution in [2.45, 2.75) is 19.4 Å². The van der Waals surface area contributed by atoms with Crippen molar-refractivity contribution >= 4 is 20.5 Å². The van der Waals surface area contributed by atoms with E-state index in [-0.39, 0.29) is 0 Å². The Kier molecular flexibility index (Phi) is 6.07. The van der Waals surface area contributed by atoms with E-state index < -0.39 is 0 Å². The molecule has 2 aromatic rings. The van der Waals surface area contributed by atoms with E-state index in [1.54, 1.807) is 0 Å². The van der Waals surface area contributed by atoms with Gasteiger partial charge < -0.3 is 9.16 Å². The second-order valence-corrected chi connectivity index (χ2v) is 5.10. The molecule has 0 saturated heterocycles. The Morgan fingerprint density at radius 2 is 1.79 bits per heavy atom. The van der Waals surface area contributed by atoms with Crippen LogP contribution in [0.2, 0.25) is 6.55 Å². The van der Waals surface area contributed by atoms with Gasteiger partial charge in [-0.2, -0.15) is 0 Å². The van der Waals surface area contributed by atoms with Gasteiger partial charge >= 0.3 is 0 Å². The SMILES string of the molecule is C[Si]OCCCOCCc1cccc2ccccc12. The molecular weight excluding hydrogens is 252 g/mol. The van der Waals surface area contributed by atoms with Gasteiger partial charge in [-0.25, -0.2) is 0 Å². The zero-order valence-corrected chi connectivity index (χ0v) is 12.4. The first kappa shape index (κ1) is 14.3. The van der Waals surface area contributed by atoms with Crippen LogP contribution in [-0.4, -0.2) is 29.6 Å². The molecule has 0 atom stereocenters. The second-order valence-electron chi connectivity index (χ2n) is 4.41. The first-order valence-electron chi connectivity index (χ1n) is 6.75. The Hall–Kier alpha value is -1.16. The van der Waals surface area contributed by atoms with E-state index in [1.807, 2.05) is 6.55 Å². The predicted molar refractivity (Wildman–Crippen MR) is 80.7 cm³/mol. The first-order chi connectivity index (χ1) is 9.42. The lowest BCUT2D eigenvalue weighted by Gasteiger charge is -2.07. The summed E-state index contributed by atoms with van der Waals surface area (Å²) < 4.78 is 11.0. The van der Waals surface area contributed by atoms with Crippen LogP contribution in [0.1, 0.15) is 12.0 Å². The number of fused-ring (bicyclic) bond motifs is 1. The Morgan fingerprint density at radius 1 is 0.947 bits per heavy atom. The maximum atomic E-state index is 5.66. The first-order valence-corrected chi connectivity index (χ1v) is 8.15. The quantitative estimate of drug-likeness (QED) is 0.541. The van der Waals surface area contributed by atoms with Crippen LogP contribution in [-0.2, 0) is 15.6 Å². The molecule has 2 radical (unpaired) electrons. The zero-order chi connectivity index (χ0) is 13.3. The fourth-order valence-electron chi connectivity index (χ4n) is 2.13. The number of ether oxygens (including phenoxy) is 1. The van der Waals surface area contributed by atoms with E-state index in [4.69, 9.17) is 9.16 Å². The normalized spacial score (nSPS) is 11.0. The Balaban J connectivity index is 1.78. The number of rotatable bonds is 8. The highest BCUT2D eigenvalue weighted by molar-refractivity contribution is 6.24. The van der Waals surface area contributed by atoms with E-state index >= 15 is 0 Å². The summed E-state index contributed by atoms with van der Waals surface area (Å²) in [5, 5.41) is 2.64. The van der Waals surface area contributed by atoms with Gasteiger partial charge in [0.1, 0.15) is 0 Å². The fraction of sp³-hybridized carbons (Fsp3) is 0.375. The van der Waals surface area contributed by atoms with Crippen molar-refractivity contribution in [1.29, 1.82) is 0 Å². The summed E-state index contributed by atoms with van der Waals surface area (Å²) in [6.45, 7) is 4.42. The summed E-state index contributed by atoms with van der Waals surface area (Å²) in [6.07, 6.45) is 1.95. The average molecular weight is 272 g/mol. The van der Waals surface area contributed by atoms with Gasteiger partial charge in [0, 0.05) is 13.2 Å². The smallest absolute Gasteiger partial charge is 0.226 e. The van der Waals surface area contributed by atoms with Gasteiger partial charge in [0.05, 0.1) is 6.61 Å². The molecular formula is C16H20O2Si. The highest BCUT2D eigenvalue weighted by atomic mass is 28.2. The third kappa shape index (κ3) is 4.46. The highest BCUT2D eigenvalue weighted by Gasteiger charge is 2.00. The van der Waals surface area contributed by atoms with Gasteiger partial charge in [0.2, 0.25) is 9.76 Å². The van der Waals surface area contributed by atoms with Gasteiger partial charge in [-0.3, -0.25) is 0 Å². The van der Waals surface area contributed by atoms with Crippen molar-refractivity contribution in [2.24, 2.45) is 0 Å². The third-order valence-corrected chi connectivity index (χ3v) is 3.57. The van der Waals surface area contributed by atoms with Gasteiger partial charge in [0.15, 0.2) is 0 Å². The van der Waals surface area contributed by atoms with E-state index in [9.17, 15) is 0 Å². The average Bonchev–Trinajstić information content (AvgIpc) is 2.46. The van der Waals surface area contributed by atoms with Crippen molar-refractivity contribution in [2.75, 3.05) is 19.8 Å². The molecule has 0 saturated carbocycles. The van der Waals surface area contributed by atoms with Crippen LogP contribution in [0.4, 0.5) is 0 Å². The Bertz CT molecular complexity index is 494. The molecule has 100 valence electrons. The zero-order valence-electron chi connectivity index (χ0n) is 11.4. The molecule has 0 spiro atoms. The third-order valence-electron chi connectivity index (χ3n) is 3.08. The van der Waals surface area contributed by atoms with Crippen LogP contribution in [0, 0.1) is 0 Å². The predicted octanol–water partition coefficient (Wildman–Crippen LogP) is 3.47. The maximum Gasteiger partial charge on any atom is 0.226 e. The van der Waals surface area contributed by atoms with E-state index in [0.717, 1.165) is 32.7 Å². The van der Waals surface area contributed by atoms with Gasteiger partial charge in [-0.05, 0) is 35.7 Å². The van der Waals surface area contributed by atoms with Crippen molar-refractivity contribution in [3.05, 3.63) is 48.0 Å². The van der Waals surface area contributed by atoms with Gasteiger partial charge in [-0.1, -0.05) is 42.5 Å². The van der Waals surface area contributed by atoms with Crippen LogP contribution < -0.4 is 0 Å². The topological polar surface area (TPSA) is 18.5 Å².